The highest BCUT2D eigenvalue weighted by atomic mass is 16.7. The summed E-state index contributed by atoms with van der Waals surface area (Å²) in [6, 6.07) is 0. The zero-order valence-electron chi connectivity index (χ0n) is 19.7. The van der Waals surface area contributed by atoms with Crippen LogP contribution in [0.3, 0.4) is 0 Å². The molecule has 6 aliphatic rings. The Morgan fingerprint density at radius 3 is 2.40 bits per heavy atom. The van der Waals surface area contributed by atoms with E-state index in [-0.39, 0.29) is 11.9 Å². The average molecular weight is 417 g/mol. The Bertz CT molecular complexity index is 684. The molecule has 4 saturated carbocycles. The van der Waals surface area contributed by atoms with Crippen LogP contribution in [0, 0.1) is 52.3 Å². The second kappa shape index (κ2) is 6.70. The molecule has 0 aromatic heterocycles. The first-order valence-electron chi connectivity index (χ1n) is 13.3. The predicted molar refractivity (Wildman–Crippen MR) is 118 cm³/mol. The summed E-state index contributed by atoms with van der Waals surface area (Å²) in [6.07, 6.45) is 12.9. The van der Waals surface area contributed by atoms with Crippen molar-refractivity contribution in [2.45, 2.75) is 110 Å². The smallest absolute Gasteiger partial charge is 0.171 e. The van der Waals surface area contributed by atoms with E-state index in [2.05, 4.69) is 27.7 Å². The molecule has 0 unspecified atom stereocenters. The minimum absolute atomic E-state index is 0.0389. The Morgan fingerprint density at radius 1 is 0.833 bits per heavy atom. The van der Waals surface area contributed by atoms with Crippen molar-refractivity contribution < 1.29 is 14.6 Å². The zero-order valence-corrected chi connectivity index (χ0v) is 19.7. The monoisotopic (exact) mass is 416 g/mol. The lowest BCUT2D eigenvalue weighted by atomic mass is 9.44. The summed E-state index contributed by atoms with van der Waals surface area (Å²) < 4.78 is 13.4. The molecule has 12 atom stereocenters. The molecule has 0 aromatic carbocycles. The molecule has 2 aliphatic heterocycles. The number of fused-ring (bicyclic) bond motifs is 7. The molecule has 170 valence electrons. The van der Waals surface area contributed by atoms with E-state index < -0.39 is 0 Å². The molecule has 6 fully saturated rings. The van der Waals surface area contributed by atoms with E-state index in [9.17, 15) is 5.11 Å². The summed E-state index contributed by atoms with van der Waals surface area (Å²) in [5, 5.41) is 10.3. The minimum Gasteiger partial charge on any atom is -0.393 e. The van der Waals surface area contributed by atoms with Crippen molar-refractivity contribution in [3.63, 3.8) is 0 Å². The van der Waals surface area contributed by atoms with Crippen LogP contribution in [0.25, 0.3) is 0 Å². The van der Waals surface area contributed by atoms with Crippen LogP contribution in [0.2, 0.25) is 0 Å². The Hall–Kier alpha value is -0.120. The fraction of sp³-hybridized carbons (Fsp3) is 1.00. The minimum atomic E-state index is -0.282. The van der Waals surface area contributed by atoms with E-state index in [0.717, 1.165) is 49.5 Å². The Balaban J connectivity index is 1.26. The van der Waals surface area contributed by atoms with Crippen LogP contribution in [0.1, 0.15) is 91.9 Å². The van der Waals surface area contributed by atoms with Gasteiger partial charge in [0.15, 0.2) is 5.79 Å². The lowest BCUT2D eigenvalue weighted by Crippen LogP contribution is -2.55. The van der Waals surface area contributed by atoms with Crippen molar-refractivity contribution in [3.8, 4) is 0 Å². The number of ether oxygens (including phenoxy) is 2. The SMILES string of the molecule is C[C@@H]1CC[C@]2(OC1)O[C@H]1C[C@H]3[C@H]4CC[C@H]5C[C@@H](O)CC[C@]5(C)[C@@H]4CC[C@]3(C)[C@H]1[C@@H]2C. The third-order valence-electron chi connectivity index (χ3n) is 11.9. The van der Waals surface area contributed by atoms with Crippen LogP contribution < -0.4 is 0 Å². The maximum absolute atomic E-state index is 10.3. The normalized spacial score (nSPS) is 62.5. The lowest BCUT2D eigenvalue weighted by Gasteiger charge is -2.61. The molecule has 3 nitrogen and oxygen atoms in total. The first-order chi connectivity index (χ1) is 14.3. The molecule has 0 amide bonds. The fourth-order valence-electron chi connectivity index (χ4n) is 10.3. The van der Waals surface area contributed by atoms with Crippen molar-refractivity contribution in [2.24, 2.45) is 52.3 Å². The van der Waals surface area contributed by atoms with Gasteiger partial charge in [0.25, 0.3) is 0 Å². The van der Waals surface area contributed by atoms with Crippen LogP contribution in [0.4, 0.5) is 0 Å². The third kappa shape index (κ3) is 2.61. The highest BCUT2D eigenvalue weighted by Crippen LogP contribution is 2.71. The molecule has 0 radical (unpaired) electrons. The molecule has 3 heteroatoms. The van der Waals surface area contributed by atoms with Gasteiger partial charge in [0, 0.05) is 12.3 Å². The second-order valence-electron chi connectivity index (χ2n) is 13.1. The van der Waals surface area contributed by atoms with Crippen molar-refractivity contribution in [3.05, 3.63) is 0 Å². The third-order valence-corrected chi connectivity index (χ3v) is 11.9. The Morgan fingerprint density at radius 2 is 1.63 bits per heavy atom. The van der Waals surface area contributed by atoms with Gasteiger partial charge >= 0.3 is 0 Å². The fourth-order valence-corrected chi connectivity index (χ4v) is 10.3. The maximum Gasteiger partial charge on any atom is 0.171 e. The average Bonchev–Trinajstić information content (AvgIpc) is 3.16. The van der Waals surface area contributed by atoms with E-state index in [1.54, 1.807) is 0 Å². The van der Waals surface area contributed by atoms with E-state index in [1.165, 1.54) is 44.9 Å². The van der Waals surface area contributed by atoms with E-state index >= 15 is 0 Å². The van der Waals surface area contributed by atoms with Gasteiger partial charge in [-0.25, -0.2) is 0 Å². The van der Waals surface area contributed by atoms with Crippen LogP contribution >= 0.6 is 0 Å². The van der Waals surface area contributed by atoms with Gasteiger partial charge in [0.05, 0.1) is 18.8 Å². The lowest BCUT2D eigenvalue weighted by molar-refractivity contribution is -0.273. The standard InChI is InChI=1S/C27H44O3/c1-16-7-12-27(29-15-16)17(2)24-23(30-27)14-22-20-6-5-18-13-19(28)8-10-25(18,3)21(20)9-11-26(22,24)4/h16-24,28H,5-15H2,1-4H3/t16-,17+,18+,19+,20+,21-,22+,23+,24+,25+,26+,27+/m1/s1. The van der Waals surface area contributed by atoms with Crippen LogP contribution in [-0.4, -0.2) is 29.7 Å². The van der Waals surface area contributed by atoms with Crippen LogP contribution in [0.5, 0.6) is 0 Å². The Kier molecular flexibility index (Phi) is 4.58. The van der Waals surface area contributed by atoms with Gasteiger partial charge in [-0.05, 0) is 104 Å². The maximum atomic E-state index is 10.3. The highest BCUT2D eigenvalue weighted by molar-refractivity contribution is 5.15. The first kappa shape index (κ1) is 20.5. The first-order valence-corrected chi connectivity index (χ1v) is 13.3. The number of rotatable bonds is 0. The quantitative estimate of drug-likeness (QED) is 0.543. The van der Waals surface area contributed by atoms with E-state index in [0.29, 0.717) is 34.7 Å². The van der Waals surface area contributed by atoms with Gasteiger partial charge in [-0.3, -0.25) is 0 Å². The van der Waals surface area contributed by atoms with Gasteiger partial charge in [-0.1, -0.05) is 27.7 Å². The molecule has 30 heavy (non-hydrogen) atoms. The van der Waals surface area contributed by atoms with Gasteiger partial charge in [0.1, 0.15) is 0 Å². The molecule has 1 spiro atoms. The summed E-state index contributed by atoms with van der Waals surface area (Å²) in [5.41, 5.74) is 0.899. The van der Waals surface area contributed by atoms with Crippen LogP contribution in [-0.2, 0) is 9.47 Å². The van der Waals surface area contributed by atoms with Gasteiger partial charge < -0.3 is 14.6 Å². The Labute approximate surface area is 183 Å². The summed E-state index contributed by atoms with van der Waals surface area (Å²) in [7, 11) is 0. The summed E-state index contributed by atoms with van der Waals surface area (Å²) in [6.45, 7) is 10.9. The molecule has 1 N–H and O–H groups in total. The number of aliphatic hydroxyl groups excluding tert-OH is 1. The predicted octanol–water partition coefficient (Wildman–Crippen LogP) is 5.79. The van der Waals surface area contributed by atoms with Crippen molar-refractivity contribution in [2.75, 3.05) is 6.61 Å². The molecule has 0 bridgehead atoms. The molecule has 6 rings (SSSR count). The second-order valence-corrected chi connectivity index (χ2v) is 13.1. The molecular formula is C27H44O3. The summed E-state index contributed by atoms with van der Waals surface area (Å²) in [5.74, 6) is 4.93. The van der Waals surface area contributed by atoms with Gasteiger partial charge in [-0.2, -0.15) is 0 Å². The molecule has 0 aromatic rings. The molecule has 4 aliphatic carbocycles. The highest BCUT2D eigenvalue weighted by Gasteiger charge is 2.69. The van der Waals surface area contributed by atoms with Gasteiger partial charge in [-0.15, -0.1) is 0 Å². The topological polar surface area (TPSA) is 38.7 Å². The van der Waals surface area contributed by atoms with Crippen molar-refractivity contribution >= 4 is 0 Å². The van der Waals surface area contributed by atoms with E-state index in [4.69, 9.17) is 9.47 Å². The molecule has 2 saturated heterocycles. The largest absolute Gasteiger partial charge is 0.393 e. The van der Waals surface area contributed by atoms with Crippen LogP contribution in [0.15, 0.2) is 0 Å². The van der Waals surface area contributed by atoms with Crippen molar-refractivity contribution in [1.82, 2.24) is 0 Å². The number of hydrogen-bond acceptors (Lipinski definition) is 3. The van der Waals surface area contributed by atoms with E-state index in [1.807, 2.05) is 0 Å². The van der Waals surface area contributed by atoms with Gasteiger partial charge in [0.2, 0.25) is 0 Å². The van der Waals surface area contributed by atoms with Crippen molar-refractivity contribution in [1.29, 1.82) is 0 Å². The molecular weight excluding hydrogens is 372 g/mol. The number of aliphatic hydroxyl groups is 1. The number of hydrogen-bond donors (Lipinski definition) is 1. The summed E-state index contributed by atoms with van der Waals surface area (Å²) >= 11 is 0. The zero-order chi connectivity index (χ0) is 20.9. The summed E-state index contributed by atoms with van der Waals surface area (Å²) in [4.78, 5) is 0. The molecule has 2 heterocycles.